The molecule has 0 aliphatic heterocycles. The van der Waals surface area contributed by atoms with Gasteiger partial charge in [-0.15, -0.1) is 0 Å². The van der Waals surface area contributed by atoms with E-state index in [1.165, 1.54) is 0 Å². The van der Waals surface area contributed by atoms with Crippen molar-refractivity contribution < 1.29 is 4.79 Å². The fraction of sp³-hybridized carbons (Fsp3) is 0.500. The number of hydrogen-bond acceptors (Lipinski definition) is 2. The van der Waals surface area contributed by atoms with Gasteiger partial charge in [0.25, 0.3) is 0 Å². The second-order valence-corrected chi connectivity index (χ2v) is 3.25. The summed E-state index contributed by atoms with van der Waals surface area (Å²) in [5.41, 5.74) is 0. The molecule has 0 aromatic carbocycles. The van der Waals surface area contributed by atoms with Crippen molar-refractivity contribution in [3.05, 3.63) is 18.2 Å². The van der Waals surface area contributed by atoms with E-state index in [2.05, 4.69) is 26.2 Å². The van der Waals surface area contributed by atoms with Gasteiger partial charge in [-0.1, -0.05) is 15.9 Å². The van der Waals surface area contributed by atoms with E-state index in [4.69, 9.17) is 0 Å². The van der Waals surface area contributed by atoms with E-state index in [0.29, 0.717) is 11.9 Å². The van der Waals surface area contributed by atoms with E-state index in [-0.39, 0.29) is 5.91 Å². The van der Waals surface area contributed by atoms with Crippen LogP contribution in [-0.2, 0) is 18.3 Å². The van der Waals surface area contributed by atoms with Crippen molar-refractivity contribution in [2.45, 2.75) is 6.42 Å². The van der Waals surface area contributed by atoms with Gasteiger partial charge in [-0.2, -0.15) is 0 Å². The Kier molecular flexibility index (Phi) is 3.95. The van der Waals surface area contributed by atoms with Crippen LogP contribution < -0.4 is 5.32 Å². The molecule has 1 amide bonds. The minimum Gasteiger partial charge on any atom is -0.355 e. The Labute approximate surface area is 85.5 Å². The minimum absolute atomic E-state index is 0.00853. The van der Waals surface area contributed by atoms with E-state index >= 15 is 0 Å². The fourth-order valence-electron chi connectivity index (χ4n) is 0.998. The highest BCUT2D eigenvalue weighted by Crippen LogP contribution is 1.93. The molecule has 1 heterocycles. The Morgan fingerprint density at radius 2 is 2.54 bits per heavy atom. The van der Waals surface area contributed by atoms with E-state index in [1.54, 1.807) is 6.20 Å². The Morgan fingerprint density at radius 3 is 3.08 bits per heavy atom. The third kappa shape index (κ3) is 3.18. The van der Waals surface area contributed by atoms with E-state index in [1.807, 2.05) is 17.8 Å². The number of nitrogens with one attached hydrogen (secondary N) is 1. The molecule has 1 rings (SSSR count). The highest BCUT2D eigenvalue weighted by molar-refractivity contribution is 9.09. The molecule has 0 radical (unpaired) electrons. The zero-order chi connectivity index (χ0) is 9.68. The number of alkyl halides is 1. The van der Waals surface area contributed by atoms with Crippen LogP contribution in [0.3, 0.4) is 0 Å². The quantitative estimate of drug-likeness (QED) is 0.785. The molecule has 1 aromatic heterocycles. The lowest BCUT2D eigenvalue weighted by molar-refractivity contribution is -0.118. The van der Waals surface area contributed by atoms with Gasteiger partial charge in [0.15, 0.2) is 0 Å². The summed E-state index contributed by atoms with van der Waals surface area (Å²) < 4.78 is 1.94. The topological polar surface area (TPSA) is 46.9 Å². The van der Waals surface area contributed by atoms with Crippen LogP contribution in [-0.4, -0.2) is 27.3 Å². The SMILES string of the molecule is Cn1ccnc1CCNC(=O)CBr. The zero-order valence-corrected chi connectivity index (χ0v) is 9.04. The van der Waals surface area contributed by atoms with Crippen LogP contribution in [0.2, 0.25) is 0 Å². The maximum absolute atomic E-state index is 10.8. The Balaban J connectivity index is 2.28. The van der Waals surface area contributed by atoms with Gasteiger partial charge in [-0.05, 0) is 0 Å². The van der Waals surface area contributed by atoms with Gasteiger partial charge in [-0.25, -0.2) is 4.98 Å². The summed E-state index contributed by atoms with van der Waals surface area (Å²) in [6, 6.07) is 0. The molecule has 0 atom stereocenters. The van der Waals surface area contributed by atoms with Crippen LogP contribution in [0.1, 0.15) is 5.82 Å². The van der Waals surface area contributed by atoms with Crippen molar-refractivity contribution in [2.24, 2.45) is 7.05 Å². The molecule has 13 heavy (non-hydrogen) atoms. The number of aromatic nitrogens is 2. The van der Waals surface area contributed by atoms with Gasteiger partial charge in [0.2, 0.25) is 5.91 Å². The van der Waals surface area contributed by atoms with E-state index in [0.717, 1.165) is 12.2 Å². The fourth-order valence-corrected chi connectivity index (χ4v) is 1.20. The molecule has 72 valence electrons. The largest absolute Gasteiger partial charge is 0.355 e. The average molecular weight is 246 g/mol. The van der Waals surface area contributed by atoms with Crippen LogP contribution in [0.15, 0.2) is 12.4 Å². The molecule has 0 fully saturated rings. The first-order chi connectivity index (χ1) is 6.24. The number of carbonyl (C=O) groups is 1. The summed E-state index contributed by atoms with van der Waals surface area (Å²) >= 11 is 3.08. The number of rotatable bonds is 4. The van der Waals surface area contributed by atoms with Gasteiger partial charge < -0.3 is 9.88 Å². The number of aryl methyl sites for hydroxylation is 1. The maximum atomic E-state index is 10.8. The van der Waals surface area contributed by atoms with Gasteiger partial charge in [0, 0.05) is 32.4 Å². The zero-order valence-electron chi connectivity index (χ0n) is 7.46. The number of imidazole rings is 1. The summed E-state index contributed by atoms with van der Waals surface area (Å²) in [5, 5.41) is 3.11. The molecule has 0 spiro atoms. The number of hydrogen-bond donors (Lipinski definition) is 1. The standard InChI is InChI=1S/C8H12BrN3O/c1-12-5-4-10-7(12)2-3-11-8(13)6-9/h4-5H,2-3,6H2,1H3,(H,11,13). The minimum atomic E-state index is 0.00853. The maximum Gasteiger partial charge on any atom is 0.230 e. The third-order valence-electron chi connectivity index (χ3n) is 1.71. The lowest BCUT2D eigenvalue weighted by Crippen LogP contribution is -2.27. The highest BCUT2D eigenvalue weighted by atomic mass is 79.9. The predicted molar refractivity (Wildman–Crippen MR) is 53.7 cm³/mol. The highest BCUT2D eigenvalue weighted by Gasteiger charge is 2.00. The first-order valence-corrected chi connectivity index (χ1v) is 5.15. The van der Waals surface area contributed by atoms with Crippen LogP contribution >= 0.6 is 15.9 Å². The molecule has 4 nitrogen and oxygen atoms in total. The van der Waals surface area contributed by atoms with Crippen LogP contribution in [0.25, 0.3) is 0 Å². The molecule has 0 saturated carbocycles. The van der Waals surface area contributed by atoms with Crippen molar-refractivity contribution in [3.8, 4) is 0 Å². The van der Waals surface area contributed by atoms with Crippen molar-refractivity contribution >= 4 is 21.8 Å². The van der Waals surface area contributed by atoms with Gasteiger partial charge in [0.05, 0.1) is 5.33 Å². The number of halogens is 1. The monoisotopic (exact) mass is 245 g/mol. The first kappa shape index (κ1) is 10.2. The Hall–Kier alpha value is -0.840. The lowest BCUT2D eigenvalue weighted by Gasteiger charge is -2.02. The molecule has 0 aliphatic rings. The van der Waals surface area contributed by atoms with E-state index in [9.17, 15) is 4.79 Å². The Morgan fingerprint density at radius 1 is 1.77 bits per heavy atom. The first-order valence-electron chi connectivity index (χ1n) is 4.03. The van der Waals surface area contributed by atoms with Crippen molar-refractivity contribution in [1.82, 2.24) is 14.9 Å². The van der Waals surface area contributed by atoms with E-state index < -0.39 is 0 Å². The van der Waals surface area contributed by atoms with Crippen molar-refractivity contribution in [1.29, 1.82) is 0 Å². The molecular formula is C8H12BrN3O. The Bertz CT molecular complexity index is 285. The normalized spacial score (nSPS) is 10.0. The molecule has 5 heteroatoms. The second-order valence-electron chi connectivity index (χ2n) is 2.69. The predicted octanol–water partition coefficient (Wildman–Crippen LogP) is 0.474. The number of nitrogens with zero attached hydrogens (tertiary/aromatic N) is 2. The molecular weight excluding hydrogens is 234 g/mol. The number of carbonyl (C=O) groups excluding carboxylic acids is 1. The summed E-state index contributed by atoms with van der Waals surface area (Å²) in [7, 11) is 1.94. The summed E-state index contributed by atoms with van der Waals surface area (Å²) in [5.74, 6) is 0.990. The molecule has 1 N–H and O–H groups in total. The van der Waals surface area contributed by atoms with Crippen LogP contribution in [0, 0.1) is 0 Å². The van der Waals surface area contributed by atoms with Crippen LogP contribution in [0.4, 0.5) is 0 Å². The lowest BCUT2D eigenvalue weighted by atomic mass is 10.4. The molecule has 0 bridgehead atoms. The number of amides is 1. The van der Waals surface area contributed by atoms with Crippen LogP contribution in [0.5, 0.6) is 0 Å². The summed E-state index contributed by atoms with van der Waals surface area (Å²) in [4.78, 5) is 15.0. The molecule has 0 aliphatic carbocycles. The third-order valence-corrected chi connectivity index (χ3v) is 2.22. The molecule has 0 unspecified atom stereocenters. The van der Waals surface area contributed by atoms with Crippen molar-refractivity contribution in [3.63, 3.8) is 0 Å². The summed E-state index contributed by atoms with van der Waals surface area (Å²) in [6.07, 6.45) is 4.41. The smallest absolute Gasteiger partial charge is 0.230 e. The average Bonchev–Trinajstić information content (AvgIpc) is 2.52. The van der Waals surface area contributed by atoms with Gasteiger partial charge in [0.1, 0.15) is 5.82 Å². The second kappa shape index (κ2) is 5.01. The summed E-state index contributed by atoms with van der Waals surface area (Å²) in [6.45, 7) is 0.634. The molecule has 1 aromatic rings. The van der Waals surface area contributed by atoms with Gasteiger partial charge in [-0.3, -0.25) is 4.79 Å². The molecule has 0 saturated heterocycles. The van der Waals surface area contributed by atoms with Gasteiger partial charge >= 0.3 is 0 Å². The van der Waals surface area contributed by atoms with Crippen molar-refractivity contribution in [2.75, 3.05) is 11.9 Å².